The van der Waals surface area contributed by atoms with Crippen LogP contribution in [0.15, 0.2) is 0 Å². The third-order valence-electron chi connectivity index (χ3n) is 4.79. The van der Waals surface area contributed by atoms with Gasteiger partial charge in [0.15, 0.2) is 0 Å². The van der Waals surface area contributed by atoms with Gasteiger partial charge in [-0.2, -0.15) is 0 Å². The maximum absolute atomic E-state index is 12.0. The van der Waals surface area contributed by atoms with Gasteiger partial charge in [-0.1, -0.05) is 19.3 Å². The lowest BCUT2D eigenvalue weighted by Gasteiger charge is -2.30. The summed E-state index contributed by atoms with van der Waals surface area (Å²) in [5.74, 6) is 0.573. The van der Waals surface area contributed by atoms with E-state index >= 15 is 0 Å². The molecule has 0 aromatic carbocycles. The second kappa shape index (κ2) is 5.47. The lowest BCUT2D eigenvalue weighted by Crippen LogP contribution is -2.39. The Morgan fingerprint density at radius 2 is 1.78 bits per heavy atom. The van der Waals surface area contributed by atoms with Crippen LogP contribution in [0.25, 0.3) is 0 Å². The summed E-state index contributed by atoms with van der Waals surface area (Å²) in [4.78, 5) is 14.0. The van der Waals surface area contributed by atoms with Gasteiger partial charge in [0.05, 0.1) is 6.54 Å². The first-order valence-electron chi connectivity index (χ1n) is 7.52. The SMILES string of the molecule is O=C1OC(C2CCNCC2)CN1C1CCCCC1. The molecule has 0 bridgehead atoms. The van der Waals surface area contributed by atoms with E-state index in [-0.39, 0.29) is 12.2 Å². The minimum absolute atomic E-state index is 0.0505. The van der Waals surface area contributed by atoms with Crippen molar-refractivity contribution in [3.63, 3.8) is 0 Å². The highest BCUT2D eigenvalue weighted by molar-refractivity contribution is 5.70. The number of ether oxygens (including phenoxy) is 1. The number of piperidine rings is 1. The molecule has 1 amide bonds. The third kappa shape index (κ3) is 2.48. The van der Waals surface area contributed by atoms with Gasteiger partial charge < -0.3 is 15.0 Å². The number of cyclic esters (lactones) is 1. The molecule has 2 aliphatic heterocycles. The van der Waals surface area contributed by atoms with Crippen LogP contribution >= 0.6 is 0 Å². The molecule has 2 heterocycles. The predicted molar refractivity (Wildman–Crippen MR) is 69.4 cm³/mol. The van der Waals surface area contributed by atoms with Crippen LogP contribution in [0.2, 0.25) is 0 Å². The van der Waals surface area contributed by atoms with Crippen LogP contribution in [-0.2, 0) is 4.74 Å². The standard InChI is InChI=1S/C14H24N2O2/c17-14-16(12-4-2-1-3-5-12)10-13(18-14)11-6-8-15-9-7-11/h11-13,15H,1-10H2. The average Bonchev–Trinajstić information content (AvgIpc) is 2.83. The average molecular weight is 252 g/mol. The third-order valence-corrected chi connectivity index (χ3v) is 4.79. The van der Waals surface area contributed by atoms with Crippen LogP contribution in [0.1, 0.15) is 44.9 Å². The van der Waals surface area contributed by atoms with E-state index in [4.69, 9.17) is 4.74 Å². The molecule has 4 heteroatoms. The molecule has 3 aliphatic rings. The van der Waals surface area contributed by atoms with Gasteiger partial charge in [-0.3, -0.25) is 0 Å². The minimum atomic E-state index is -0.0505. The maximum Gasteiger partial charge on any atom is 0.410 e. The first kappa shape index (κ1) is 12.3. The fourth-order valence-corrected chi connectivity index (χ4v) is 3.66. The van der Waals surface area contributed by atoms with E-state index in [1.54, 1.807) is 0 Å². The van der Waals surface area contributed by atoms with Crippen molar-refractivity contribution in [1.82, 2.24) is 10.2 Å². The molecule has 0 aromatic rings. The van der Waals surface area contributed by atoms with Gasteiger partial charge in [0.1, 0.15) is 6.10 Å². The van der Waals surface area contributed by atoms with E-state index in [1.165, 1.54) is 32.1 Å². The molecule has 1 N–H and O–H groups in total. The van der Waals surface area contributed by atoms with Crippen molar-refractivity contribution < 1.29 is 9.53 Å². The van der Waals surface area contributed by atoms with Crippen LogP contribution in [-0.4, -0.2) is 42.8 Å². The van der Waals surface area contributed by atoms with Crippen molar-refractivity contribution in [2.24, 2.45) is 5.92 Å². The van der Waals surface area contributed by atoms with Crippen molar-refractivity contribution in [1.29, 1.82) is 0 Å². The van der Waals surface area contributed by atoms with Crippen molar-refractivity contribution in [2.75, 3.05) is 19.6 Å². The van der Waals surface area contributed by atoms with Crippen LogP contribution in [0.3, 0.4) is 0 Å². The van der Waals surface area contributed by atoms with Crippen LogP contribution < -0.4 is 5.32 Å². The molecule has 0 radical (unpaired) electrons. The topological polar surface area (TPSA) is 41.6 Å². The largest absolute Gasteiger partial charge is 0.444 e. The Hall–Kier alpha value is -0.770. The Morgan fingerprint density at radius 3 is 2.50 bits per heavy atom. The summed E-state index contributed by atoms with van der Waals surface area (Å²) >= 11 is 0. The van der Waals surface area contributed by atoms with Crippen molar-refractivity contribution in [3.05, 3.63) is 0 Å². The smallest absolute Gasteiger partial charge is 0.410 e. The first-order chi connectivity index (χ1) is 8.84. The second-order valence-corrected chi connectivity index (χ2v) is 5.95. The molecule has 3 rings (SSSR count). The summed E-state index contributed by atoms with van der Waals surface area (Å²) in [6.45, 7) is 2.98. The predicted octanol–water partition coefficient (Wildman–Crippen LogP) is 2.14. The molecule has 0 spiro atoms. The Balaban J connectivity index is 1.58. The Kier molecular flexibility index (Phi) is 3.73. The number of rotatable bonds is 2. The molecule has 4 nitrogen and oxygen atoms in total. The monoisotopic (exact) mass is 252 g/mol. The number of carbonyl (C=O) groups is 1. The summed E-state index contributed by atoms with van der Waals surface area (Å²) in [5, 5.41) is 3.37. The van der Waals surface area contributed by atoms with E-state index < -0.39 is 0 Å². The van der Waals surface area contributed by atoms with Gasteiger partial charge in [-0.05, 0) is 38.8 Å². The van der Waals surface area contributed by atoms with Gasteiger partial charge in [-0.25, -0.2) is 4.79 Å². The number of nitrogens with zero attached hydrogens (tertiary/aromatic N) is 1. The first-order valence-corrected chi connectivity index (χ1v) is 7.52. The van der Waals surface area contributed by atoms with Crippen molar-refractivity contribution >= 4 is 6.09 Å². The Labute approximate surface area is 109 Å². The fraction of sp³-hybridized carbons (Fsp3) is 0.929. The molecule has 2 saturated heterocycles. The molecule has 1 atom stereocenters. The normalized spacial score (nSPS) is 31.7. The van der Waals surface area contributed by atoms with Gasteiger partial charge in [0.2, 0.25) is 0 Å². The molecule has 0 aromatic heterocycles. The molecule has 102 valence electrons. The zero-order valence-electron chi connectivity index (χ0n) is 11.1. The van der Waals surface area contributed by atoms with Crippen LogP contribution in [0.5, 0.6) is 0 Å². The number of hydrogen-bond acceptors (Lipinski definition) is 3. The van der Waals surface area contributed by atoms with Gasteiger partial charge in [-0.15, -0.1) is 0 Å². The van der Waals surface area contributed by atoms with Crippen LogP contribution in [0, 0.1) is 5.92 Å². The molecule has 18 heavy (non-hydrogen) atoms. The van der Waals surface area contributed by atoms with E-state index in [1.807, 2.05) is 4.90 Å². The zero-order valence-corrected chi connectivity index (χ0v) is 11.1. The number of hydrogen-bond donors (Lipinski definition) is 1. The Bertz CT molecular complexity index is 296. The summed E-state index contributed by atoms with van der Waals surface area (Å²) < 4.78 is 5.63. The van der Waals surface area contributed by atoms with E-state index in [2.05, 4.69) is 5.32 Å². The molecular weight excluding hydrogens is 228 g/mol. The van der Waals surface area contributed by atoms with E-state index in [0.717, 1.165) is 32.5 Å². The number of nitrogens with one attached hydrogen (secondary N) is 1. The Morgan fingerprint density at radius 1 is 1.06 bits per heavy atom. The maximum atomic E-state index is 12.0. The molecule has 3 fully saturated rings. The zero-order chi connectivity index (χ0) is 12.4. The summed E-state index contributed by atoms with van der Waals surface area (Å²) in [6, 6.07) is 0.456. The lowest BCUT2D eigenvalue weighted by atomic mass is 9.91. The van der Waals surface area contributed by atoms with Crippen molar-refractivity contribution in [2.45, 2.75) is 57.1 Å². The van der Waals surface area contributed by atoms with Crippen molar-refractivity contribution in [3.8, 4) is 0 Å². The van der Waals surface area contributed by atoms with E-state index in [9.17, 15) is 4.79 Å². The highest BCUT2D eigenvalue weighted by atomic mass is 16.6. The lowest BCUT2D eigenvalue weighted by molar-refractivity contribution is 0.0894. The fourth-order valence-electron chi connectivity index (χ4n) is 3.66. The summed E-state index contributed by atoms with van der Waals surface area (Å²) in [6.07, 6.45) is 8.62. The van der Waals surface area contributed by atoms with Gasteiger partial charge in [0.25, 0.3) is 0 Å². The summed E-state index contributed by atoms with van der Waals surface area (Å²) in [5.41, 5.74) is 0. The van der Waals surface area contributed by atoms with Gasteiger partial charge in [0, 0.05) is 12.0 Å². The highest BCUT2D eigenvalue weighted by Crippen LogP contribution is 2.30. The number of carbonyl (C=O) groups excluding carboxylic acids is 1. The molecule has 1 aliphatic carbocycles. The molecule has 1 saturated carbocycles. The van der Waals surface area contributed by atoms with E-state index in [0.29, 0.717) is 12.0 Å². The highest BCUT2D eigenvalue weighted by Gasteiger charge is 2.40. The van der Waals surface area contributed by atoms with Crippen LogP contribution in [0.4, 0.5) is 4.79 Å². The molecular formula is C14H24N2O2. The molecule has 1 unspecified atom stereocenters. The minimum Gasteiger partial charge on any atom is -0.444 e. The summed E-state index contributed by atoms with van der Waals surface area (Å²) in [7, 11) is 0. The second-order valence-electron chi connectivity index (χ2n) is 5.95. The number of amides is 1. The van der Waals surface area contributed by atoms with Gasteiger partial charge >= 0.3 is 6.09 Å². The quantitative estimate of drug-likeness (QED) is 0.818.